The Labute approximate surface area is 103 Å². The van der Waals surface area contributed by atoms with Gasteiger partial charge in [0.25, 0.3) is 0 Å². The summed E-state index contributed by atoms with van der Waals surface area (Å²) in [4.78, 5) is 0. The lowest BCUT2D eigenvalue weighted by Crippen LogP contribution is -2.29. The largest absolute Gasteiger partial charge is 0.382 e. The molecule has 1 aromatic rings. The van der Waals surface area contributed by atoms with Crippen molar-refractivity contribution in [3.63, 3.8) is 0 Å². The molecule has 90 valence electrons. The van der Waals surface area contributed by atoms with E-state index in [-0.39, 0.29) is 11.9 Å². The van der Waals surface area contributed by atoms with Crippen molar-refractivity contribution >= 4 is 15.9 Å². The Balaban J connectivity index is 2.74. The highest BCUT2D eigenvalue weighted by Crippen LogP contribution is 2.25. The highest BCUT2D eigenvalue weighted by molar-refractivity contribution is 9.10. The number of hydrazine groups is 1. The highest BCUT2D eigenvalue weighted by atomic mass is 79.9. The van der Waals surface area contributed by atoms with Crippen LogP contribution in [0.25, 0.3) is 0 Å². The predicted octanol–water partition coefficient (Wildman–Crippen LogP) is 2.52. The molecule has 0 amide bonds. The van der Waals surface area contributed by atoms with E-state index < -0.39 is 0 Å². The normalized spacial score (nSPS) is 12.8. The molecule has 0 heterocycles. The van der Waals surface area contributed by atoms with Gasteiger partial charge < -0.3 is 4.74 Å². The molecule has 0 radical (unpaired) electrons. The first-order chi connectivity index (χ1) is 7.70. The van der Waals surface area contributed by atoms with Crippen molar-refractivity contribution in [1.82, 2.24) is 5.43 Å². The molecule has 0 spiro atoms. The van der Waals surface area contributed by atoms with Crippen LogP contribution in [0.5, 0.6) is 0 Å². The van der Waals surface area contributed by atoms with E-state index in [0.29, 0.717) is 29.7 Å². The maximum Gasteiger partial charge on any atom is 0.142 e. The number of nitrogens with two attached hydrogens (primary N) is 1. The maximum absolute atomic E-state index is 13.8. The maximum atomic E-state index is 13.8. The van der Waals surface area contributed by atoms with Gasteiger partial charge in [-0.05, 0) is 35.3 Å². The third-order valence-electron chi connectivity index (χ3n) is 2.31. The summed E-state index contributed by atoms with van der Waals surface area (Å²) in [5.74, 6) is 5.14. The molecular weight excluding hydrogens is 275 g/mol. The number of rotatable bonds is 6. The topological polar surface area (TPSA) is 47.3 Å². The molecule has 1 unspecified atom stereocenters. The second-order valence-corrected chi connectivity index (χ2v) is 4.20. The Kier molecular flexibility index (Phi) is 5.90. The SMILES string of the molecule is CCOCCC(NN)c1cccc(Br)c1F. The van der Waals surface area contributed by atoms with Gasteiger partial charge in [0.2, 0.25) is 0 Å². The van der Waals surface area contributed by atoms with Gasteiger partial charge in [0.15, 0.2) is 0 Å². The molecule has 0 fully saturated rings. The monoisotopic (exact) mass is 290 g/mol. The smallest absolute Gasteiger partial charge is 0.142 e. The number of hydrogen-bond donors (Lipinski definition) is 2. The highest BCUT2D eigenvalue weighted by Gasteiger charge is 2.15. The van der Waals surface area contributed by atoms with Crippen LogP contribution in [0, 0.1) is 5.82 Å². The quantitative estimate of drug-likeness (QED) is 0.481. The van der Waals surface area contributed by atoms with E-state index in [9.17, 15) is 4.39 Å². The Morgan fingerprint density at radius 1 is 1.56 bits per heavy atom. The fourth-order valence-corrected chi connectivity index (χ4v) is 1.85. The first-order valence-electron chi connectivity index (χ1n) is 5.18. The zero-order valence-corrected chi connectivity index (χ0v) is 10.8. The summed E-state index contributed by atoms with van der Waals surface area (Å²) in [6, 6.07) is 4.93. The molecule has 0 aliphatic heterocycles. The Morgan fingerprint density at radius 3 is 2.94 bits per heavy atom. The summed E-state index contributed by atoms with van der Waals surface area (Å²) in [5.41, 5.74) is 3.16. The van der Waals surface area contributed by atoms with E-state index in [1.54, 1.807) is 18.2 Å². The van der Waals surface area contributed by atoms with E-state index in [2.05, 4.69) is 21.4 Å². The fourth-order valence-electron chi connectivity index (χ4n) is 1.46. The van der Waals surface area contributed by atoms with Gasteiger partial charge in [-0.1, -0.05) is 12.1 Å². The minimum absolute atomic E-state index is 0.232. The van der Waals surface area contributed by atoms with E-state index in [0.717, 1.165) is 0 Å². The van der Waals surface area contributed by atoms with Crippen LogP contribution >= 0.6 is 15.9 Å². The average molecular weight is 291 g/mol. The molecule has 0 aliphatic rings. The van der Waals surface area contributed by atoms with Crippen molar-refractivity contribution in [2.75, 3.05) is 13.2 Å². The predicted molar refractivity (Wildman–Crippen MR) is 65.3 cm³/mol. The fraction of sp³-hybridized carbons (Fsp3) is 0.455. The summed E-state index contributed by atoms with van der Waals surface area (Å²) in [5, 5.41) is 0. The molecular formula is C11H16BrFN2O. The van der Waals surface area contributed by atoms with Crippen LogP contribution in [0.2, 0.25) is 0 Å². The van der Waals surface area contributed by atoms with Crippen LogP contribution in [-0.2, 0) is 4.74 Å². The van der Waals surface area contributed by atoms with Gasteiger partial charge in [-0.25, -0.2) is 4.39 Å². The zero-order chi connectivity index (χ0) is 12.0. The molecule has 0 aromatic heterocycles. The van der Waals surface area contributed by atoms with Crippen molar-refractivity contribution in [3.05, 3.63) is 34.1 Å². The third kappa shape index (κ3) is 3.52. The number of benzene rings is 1. The van der Waals surface area contributed by atoms with Gasteiger partial charge in [0, 0.05) is 18.8 Å². The molecule has 0 saturated carbocycles. The molecule has 3 N–H and O–H groups in total. The first-order valence-corrected chi connectivity index (χ1v) is 5.97. The van der Waals surface area contributed by atoms with Gasteiger partial charge in [-0.3, -0.25) is 11.3 Å². The van der Waals surface area contributed by atoms with Crippen LogP contribution in [0.1, 0.15) is 24.9 Å². The Hall–Kier alpha value is -0.490. The van der Waals surface area contributed by atoms with Crippen molar-refractivity contribution < 1.29 is 9.13 Å². The Bertz CT molecular complexity index is 336. The van der Waals surface area contributed by atoms with Crippen molar-refractivity contribution in [1.29, 1.82) is 0 Å². The van der Waals surface area contributed by atoms with Crippen LogP contribution < -0.4 is 11.3 Å². The molecule has 1 aromatic carbocycles. The number of halogens is 2. The lowest BCUT2D eigenvalue weighted by Gasteiger charge is -2.17. The van der Waals surface area contributed by atoms with Crippen LogP contribution in [0.4, 0.5) is 4.39 Å². The third-order valence-corrected chi connectivity index (χ3v) is 2.93. The first kappa shape index (κ1) is 13.6. The number of nitrogens with one attached hydrogen (secondary N) is 1. The van der Waals surface area contributed by atoms with E-state index in [1.165, 1.54) is 0 Å². The summed E-state index contributed by atoms with van der Waals surface area (Å²) >= 11 is 3.15. The number of ether oxygens (including phenoxy) is 1. The second-order valence-electron chi connectivity index (χ2n) is 3.35. The molecule has 0 saturated heterocycles. The molecule has 3 nitrogen and oxygen atoms in total. The van der Waals surface area contributed by atoms with Crippen LogP contribution in [0.15, 0.2) is 22.7 Å². The minimum Gasteiger partial charge on any atom is -0.382 e. The van der Waals surface area contributed by atoms with Gasteiger partial charge in [0.05, 0.1) is 10.5 Å². The molecule has 5 heteroatoms. The second kappa shape index (κ2) is 6.96. The van der Waals surface area contributed by atoms with Gasteiger partial charge in [-0.2, -0.15) is 0 Å². The summed E-state index contributed by atoms with van der Waals surface area (Å²) in [6.45, 7) is 3.13. The van der Waals surface area contributed by atoms with Crippen LogP contribution in [0.3, 0.4) is 0 Å². The zero-order valence-electron chi connectivity index (χ0n) is 9.17. The van der Waals surface area contributed by atoms with Gasteiger partial charge in [-0.15, -0.1) is 0 Å². The van der Waals surface area contributed by atoms with Gasteiger partial charge >= 0.3 is 0 Å². The molecule has 0 aliphatic carbocycles. The van der Waals surface area contributed by atoms with Crippen molar-refractivity contribution in [3.8, 4) is 0 Å². The molecule has 0 bridgehead atoms. The summed E-state index contributed by atoms with van der Waals surface area (Å²) in [6.07, 6.45) is 0.637. The van der Waals surface area contributed by atoms with E-state index >= 15 is 0 Å². The van der Waals surface area contributed by atoms with E-state index in [4.69, 9.17) is 10.6 Å². The lowest BCUT2D eigenvalue weighted by atomic mass is 10.0. The van der Waals surface area contributed by atoms with Gasteiger partial charge in [0.1, 0.15) is 5.82 Å². The standard InChI is InChI=1S/C11H16BrFN2O/c1-2-16-7-6-10(15-14)8-4-3-5-9(12)11(8)13/h3-5,10,15H,2,6-7,14H2,1H3. The summed E-state index contributed by atoms with van der Waals surface area (Å²) in [7, 11) is 0. The van der Waals surface area contributed by atoms with Crippen LogP contribution in [-0.4, -0.2) is 13.2 Å². The minimum atomic E-state index is -0.276. The Morgan fingerprint density at radius 2 is 2.31 bits per heavy atom. The molecule has 1 atom stereocenters. The van der Waals surface area contributed by atoms with Crippen molar-refractivity contribution in [2.45, 2.75) is 19.4 Å². The summed E-state index contributed by atoms with van der Waals surface area (Å²) < 4.78 is 19.4. The number of hydrogen-bond acceptors (Lipinski definition) is 3. The average Bonchev–Trinajstić information content (AvgIpc) is 2.29. The van der Waals surface area contributed by atoms with E-state index in [1.807, 2.05) is 6.92 Å². The molecule has 16 heavy (non-hydrogen) atoms. The van der Waals surface area contributed by atoms with Crippen molar-refractivity contribution in [2.24, 2.45) is 5.84 Å². The molecule has 1 rings (SSSR count). The lowest BCUT2D eigenvalue weighted by molar-refractivity contribution is 0.136.